The lowest BCUT2D eigenvalue weighted by atomic mass is 9.93. The number of nitrogens with zero attached hydrogens (tertiary/aromatic N) is 2. The number of benzene rings is 1. The molecule has 168 valence electrons. The number of guanidine groups is 1. The Bertz CT molecular complexity index is 683. The molecule has 0 radical (unpaired) electrons. The van der Waals surface area contributed by atoms with Gasteiger partial charge in [0, 0.05) is 25.7 Å². The molecule has 1 aromatic carbocycles. The van der Waals surface area contributed by atoms with Crippen molar-refractivity contribution in [2.75, 3.05) is 39.8 Å². The van der Waals surface area contributed by atoms with Crippen LogP contribution in [0.4, 0.5) is 13.2 Å². The lowest BCUT2D eigenvalue weighted by molar-refractivity contribution is -0.148. The Hall–Kier alpha value is -1.96. The van der Waals surface area contributed by atoms with Crippen molar-refractivity contribution >= 4 is 5.96 Å². The van der Waals surface area contributed by atoms with Crippen LogP contribution in [0.5, 0.6) is 5.75 Å². The fraction of sp³-hybridized carbons (Fsp3) is 0.682. The quantitative estimate of drug-likeness (QED) is 0.466. The van der Waals surface area contributed by atoms with E-state index in [0.29, 0.717) is 31.5 Å². The summed E-state index contributed by atoms with van der Waals surface area (Å²) in [6.07, 6.45) is 0.984. The number of alkyl halides is 3. The highest BCUT2D eigenvalue weighted by atomic mass is 19.4. The first-order valence-corrected chi connectivity index (χ1v) is 10.9. The second-order valence-corrected chi connectivity index (χ2v) is 8.34. The maximum Gasteiger partial charge on any atom is 0.401 e. The number of likely N-dealkylation sites (tertiary alicyclic amines) is 1. The standard InChI is InChI=1S/C22H33F3N4O/c1-26-21(27-11-8-17-9-12-29(13-10-17)16-22(23,24)25)28-14-19-4-2-3-5-20(19)30-15-18-6-7-18/h2-5,17-18H,6-16H2,1H3,(H2,26,27,28). The number of hydrogen-bond donors (Lipinski definition) is 2. The zero-order valence-corrected chi connectivity index (χ0v) is 17.7. The van der Waals surface area contributed by atoms with Crippen molar-refractivity contribution in [1.29, 1.82) is 0 Å². The molecule has 0 aromatic heterocycles. The zero-order chi connectivity index (χ0) is 21.4. The Morgan fingerprint density at radius 3 is 2.50 bits per heavy atom. The number of halogens is 3. The summed E-state index contributed by atoms with van der Waals surface area (Å²) in [5.74, 6) is 2.80. The maximum absolute atomic E-state index is 12.5. The van der Waals surface area contributed by atoms with Crippen molar-refractivity contribution in [3.8, 4) is 5.75 Å². The largest absolute Gasteiger partial charge is 0.493 e. The van der Waals surface area contributed by atoms with Gasteiger partial charge in [-0.25, -0.2) is 0 Å². The fourth-order valence-corrected chi connectivity index (χ4v) is 3.76. The smallest absolute Gasteiger partial charge is 0.401 e. The summed E-state index contributed by atoms with van der Waals surface area (Å²) in [4.78, 5) is 5.78. The molecular weight excluding hydrogens is 393 g/mol. The molecule has 30 heavy (non-hydrogen) atoms. The van der Waals surface area contributed by atoms with Gasteiger partial charge in [0.2, 0.25) is 0 Å². The highest BCUT2D eigenvalue weighted by Crippen LogP contribution is 2.30. The SMILES string of the molecule is CN=C(NCCC1CCN(CC(F)(F)F)CC1)NCc1ccccc1OCC1CC1. The molecule has 1 aliphatic carbocycles. The normalized spacial score (nSPS) is 19.0. The van der Waals surface area contributed by atoms with Gasteiger partial charge in [-0.3, -0.25) is 9.89 Å². The van der Waals surface area contributed by atoms with Gasteiger partial charge in [0.05, 0.1) is 13.2 Å². The lowest BCUT2D eigenvalue weighted by Crippen LogP contribution is -2.41. The fourth-order valence-electron chi connectivity index (χ4n) is 3.76. The van der Waals surface area contributed by atoms with E-state index >= 15 is 0 Å². The molecule has 1 saturated carbocycles. The average molecular weight is 427 g/mol. The number of aliphatic imine (C=N–C) groups is 1. The third kappa shape index (κ3) is 8.05. The van der Waals surface area contributed by atoms with Crippen LogP contribution < -0.4 is 15.4 Å². The molecule has 0 spiro atoms. The van der Waals surface area contributed by atoms with Gasteiger partial charge in [-0.2, -0.15) is 13.2 Å². The lowest BCUT2D eigenvalue weighted by Gasteiger charge is -2.32. The van der Waals surface area contributed by atoms with Crippen LogP contribution in [-0.2, 0) is 6.54 Å². The van der Waals surface area contributed by atoms with Crippen molar-refractivity contribution in [2.45, 2.75) is 44.8 Å². The number of rotatable bonds is 9. The molecule has 1 aromatic rings. The molecule has 0 bridgehead atoms. The van der Waals surface area contributed by atoms with Gasteiger partial charge in [0.25, 0.3) is 0 Å². The van der Waals surface area contributed by atoms with E-state index in [1.54, 1.807) is 7.05 Å². The van der Waals surface area contributed by atoms with Crippen LogP contribution in [0.1, 0.15) is 37.7 Å². The van der Waals surface area contributed by atoms with Crippen molar-refractivity contribution in [1.82, 2.24) is 15.5 Å². The van der Waals surface area contributed by atoms with E-state index in [-0.39, 0.29) is 0 Å². The minimum absolute atomic E-state index is 0.455. The Kier molecular flexibility index (Phi) is 8.24. The molecule has 2 N–H and O–H groups in total. The summed E-state index contributed by atoms with van der Waals surface area (Å²) in [6.45, 7) is 2.41. The van der Waals surface area contributed by atoms with E-state index in [9.17, 15) is 13.2 Å². The van der Waals surface area contributed by atoms with Crippen LogP contribution >= 0.6 is 0 Å². The number of ether oxygens (including phenoxy) is 1. The summed E-state index contributed by atoms with van der Waals surface area (Å²) in [5, 5.41) is 6.65. The number of nitrogens with one attached hydrogen (secondary N) is 2. The predicted molar refractivity (Wildman–Crippen MR) is 113 cm³/mol. The highest BCUT2D eigenvalue weighted by Gasteiger charge is 2.32. The van der Waals surface area contributed by atoms with E-state index < -0.39 is 12.7 Å². The molecule has 8 heteroatoms. The van der Waals surface area contributed by atoms with Gasteiger partial charge in [0.1, 0.15) is 5.75 Å². The van der Waals surface area contributed by atoms with E-state index in [0.717, 1.165) is 49.7 Å². The third-order valence-corrected chi connectivity index (χ3v) is 5.77. The molecule has 5 nitrogen and oxygen atoms in total. The van der Waals surface area contributed by atoms with E-state index in [1.807, 2.05) is 18.2 Å². The van der Waals surface area contributed by atoms with Gasteiger partial charge in [-0.1, -0.05) is 18.2 Å². The summed E-state index contributed by atoms with van der Waals surface area (Å²) >= 11 is 0. The van der Waals surface area contributed by atoms with Gasteiger partial charge in [-0.05, 0) is 63.1 Å². The number of para-hydroxylation sites is 1. The molecule has 1 aliphatic heterocycles. The summed E-state index contributed by atoms with van der Waals surface area (Å²) in [7, 11) is 1.74. The first-order chi connectivity index (χ1) is 14.4. The minimum Gasteiger partial charge on any atom is -0.493 e. The van der Waals surface area contributed by atoms with E-state index in [2.05, 4.69) is 21.7 Å². The minimum atomic E-state index is -4.10. The Labute approximate surface area is 177 Å². The van der Waals surface area contributed by atoms with Gasteiger partial charge >= 0.3 is 6.18 Å². The summed E-state index contributed by atoms with van der Waals surface area (Å²) in [5.41, 5.74) is 1.10. The molecule has 0 amide bonds. The third-order valence-electron chi connectivity index (χ3n) is 5.77. The summed E-state index contributed by atoms with van der Waals surface area (Å²) in [6, 6.07) is 8.04. The van der Waals surface area contributed by atoms with Crippen LogP contribution in [0.25, 0.3) is 0 Å². The molecule has 1 heterocycles. The first kappa shape index (κ1) is 22.7. The Morgan fingerprint density at radius 1 is 1.10 bits per heavy atom. The van der Waals surface area contributed by atoms with Gasteiger partial charge < -0.3 is 15.4 Å². The summed E-state index contributed by atoms with van der Waals surface area (Å²) < 4.78 is 43.4. The monoisotopic (exact) mass is 426 g/mol. The maximum atomic E-state index is 12.5. The van der Waals surface area contributed by atoms with Crippen LogP contribution in [0.15, 0.2) is 29.3 Å². The van der Waals surface area contributed by atoms with Crippen LogP contribution in [0.2, 0.25) is 0 Å². The predicted octanol–water partition coefficient (Wildman–Crippen LogP) is 3.80. The van der Waals surface area contributed by atoms with Gasteiger partial charge in [-0.15, -0.1) is 0 Å². The number of hydrogen-bond acceptors (Lipinski definition) is 3. The van der Waals surface area contributed by atoms with Crippen molar-refractivity contribution < 1.29 is 17.9 Å². The molecule has 3 rings (SSSR count). The molecular formula is C22H33F3N4O. The highest BCUT2D eigenvalue weighted by molar-refractivity contribution is 5.79. The Balaban J connectivity index is 1.35. The second kappa shape index (κ2) is 10.9. The first-order valence-electron chi connectivity index (χ1n) is 10.9. The molecule has 0 unspecified atom stereocenters. The van der Waals surface area contributed by atoms with Crippen molar-refractivity contribution in [2.24, 2.45) is 16.8 Å². The topological polar surface area (TPSA) is 48.9 Å². The molecule has 1 saturated heterocycles. The second-order valence-electron chi connectivity index (χ2n) is 8.34. The van der Waals surface area contributed by atoms with Crippen molar-refractivity contribution in [3.05, 3.63) is 29.8 Å². The van der Waals surface area contributed by atoms with Crippen molar-refractivity contribution in [3.63, 3.8) is 0 Å². The Morgan fingerprint density at radius 2 is 1.83 bits per heavy atom. The van der Waals surface area contributed by atoms with Gasteiger partial charge in [0.15, 0.2) is 5.96 Å². The average Bonchev–Trinajstić information content (AvgIpc) is 3.54. The molecule has 0 atom stereocenters. The van der Waals surface area contributed by atoms with Crippen LogP contribution in [-0.4, -0.2) is 56.9 Å². The van der Waals surface area contributed by atoms with Crippen LogP contribution in [0, 0.1) is 11.8 Å². The van der Waals surface area contributed by atoms with E-state index in [4.69, 9.17) is 4.74 Å². The zero-order valence-electron chi connectivity index (χ0n) is 17.7. The molecule has 2 aliphatic rings. The molecule has 2 fully saturated rings. The van der Waals surface area contributed by atoms with E-state index in [1.165, 1.54) is 17.7 Å². The number of piperidine rings is 1. The van der Waals surface area contributed by atoms with Crippen LogP contribution in [0.3, 0.4) is 0 Å².